The summed E-state index contributed by atoms with van der Waals surface area (Å²) in [5.41, 5.74) is 1.92. The molecule has 1 atom stereocenters. The first-order valence-electron chi connectivity index (χ1n) is 23.4. The van der Waals surface area contributed by atoms with Crippen molar-refractivity contribution in [2.75, 3.05) is 125 Å². The highest BCUT2D eigenvalue weighted by molar-refractivity contribution is 7.47. The number of nitrogens with zero attached hydrogens (tertiary/aromatic N) is 5. The highest BCUT2D eigenvalue weighted by Crippen LogP contribution is 2.43. The molecule has 18 nitrogen and oxygen atoms in total. The molecule has 1 aromatic carbocycles. The van der Waals surface area contributed by atoms with Crippen molar-refractivity contribution in [3.8, 4) is 0 Å². The first kappa shape index (κ1) is 57.1. The minimum Gasteiger partial charge on any atom is -0.480 e. The normalized spacial score (nSPS) is 16.4. The van der Waals surface area contributed by atoms with Crippen LogP contribution in [0, 0.1) is 0 Å². The van der Waals surface area contributed by atoms with Crippen LogP contribution in [0.5, 0.6) is 0 Å². The number of phosphoric ester groups is 1. The third kappa shape index (κ3) is 31.8. The van der Waals surface area contributed by atoms with Crippen molar-refractivity contribution in [1.82, 2.24) is 19.6 Å². The van der Waals surface area contributed by atoms with Crippen molar-refractivity contribution in [3.63, 3.8) is 0 Å². The number of ether oxygens (including phenoxy) is 1. The lowest BCUT2D eigenvalue weighted by Gasteiger charge is -2.32. The van der Waals surface area contributed by atoms with Gasteiger partial charge in [0, 0.05) is 58.0 Å². The Morgan fingerprint density at radius 2 is 0.922 bits per heavy atom. The Kier molecular flexibility index (Phi) is 29.8. The lowest BCUT2D eigenvalue weighted by atomic mass is 10.0. The molecule has 1 aliphatic heterocycles. The van der Waals surface area contributed by atoms with Crippen LogP contribution in [0.3, 0.4) is 0 Å². The van der Waals surface area contributed by atoms with Crippen LogP contribution in [0.25, 0.3) is 0 Å². The molecule has 1 saturated heterocycles. The number of anilines is 1. The Morgan fingerprint density at radius 3 is 1.30 bits per heavy atom. The van der Waals surface area contributed by atoms with E-state index in [9.17, 15) is 44.0 Å². The number of carboxylic acids is 3. The molecule has 0 bridgehead atoms. The number of nitrogens with one attached hydrogen (secondary N) is 1. The van der Waals surface area contributed by atoms with Crippen LogP contribution >= 0.6 is 7.82 Å². The quantitative estimate of drug-likeness (QED) is 0.0244. The Morgan fingerprint density at radius 1 is 0.562 bits per heavy atom. The summed E-state index contributed by atoms with van der Waals surface area (Å²) >= 11 is 0. The molecular weight excluding hydrogens is 847 g/mol. The van der Waals surface area contributed by atoms with E-state index in [4.69, 9.17) is 13.8 Å². The Labute approximate surface area is 382 Å². The van der Waals surface area contributed by atoms with E-state index in [0.717, 1.165) is 32.1 Å². The summed E-state index contributed by atoms with van der Waals surface area (Å²) in [7, 11) is 1.79. The topological polar surface area (TPSA) is 219 Å². The number of carboxylic acid groups (broad SMARTS) is 3. The van der Waals surface area contributed by atoms with Gasteiger partial charge in [-0.15, -0.1) is 0 Å². The number of benzene rings is 1. The SMILES string of the molecule is C[N+](C)(C)COCOP(=O)(O)OCCCCCCCCCCCCCCCCCCc1ccc(NC(=O)CN2CCN(CC(=O)O)CCN(CC(=O)O)CCN(CC(=O)O)CC2)cc1. The predicted molar refractivity (Wildman–Crippen MR) is 247 cm³/mol. The van der Waals surface area contributed by atoms with Gasteiger partial charge < -0.3 is 34.7 Å². The fourth-order valence-electron chi connectivity index (χ4n) is 7.48. The maximum atomic E-state index is 13.2. The molecule has 2 rings (SSSR count). The van der Waals surface area contributed by atoms with Gasteiger partial charge in [0.15, 0.2) is 13.5 Å². The highest BCUT2D eigenvalue weighted by atomic mass is 31.2. The number of hydrogen-bond donors (Lipinski definition) is 5. The van der Waals surface area contributed by atoms with Gasteiger partial charge in [-0.1, -0.05) is 102 Å². The molecular formula is C45H82N6O12P+. The second kappa shape index (κ2) is 33.4. The second-order valence-corrected chi connectivity index (χ2v) is 19.6. The van der Waals surface area contributed by atoms with Crippen molar-refractivity contribution >= 4 is 37.3 Å². The van der Waals surface area contributed by atoms with Gasteiger partial charge in [0.2, 0.25) is 5.91 Å². The fourth-order valence-corrected chi connectivity index (χ4v) is 8.12. The number of amides is 1. The van der Waals surface area contributed by atoms with E-state index in [1.165, 1.54) is 82.6 Å². The van der Waals surface area contributed by atoms with E-state index in [-0.39, 0.29) is 45.5 Å². The zero-order chi connectivity index (χ0) is 47.1. The van der Waals surface area contributed by atoms with Crippen LogP contribution in [0.4, 0.5) is 5.69 Å². The summed E-state index contributed by atoms with van der Waals surface area (Å²) in [6.45, 7) is 2.47. The lowest BCUT2D eigenvalue weighted by Crippen LogP contribution is -2.49. The van der Waals surface area contributed by atoms with E-state index in [1.54, 1.807) is 14.7 Å². The van der Waals surface area contributed by atoms with Gasteiger partial charge in [-0.3, -0.25) is 47.8 Å². The number of quaternary nitrogens is 1. The molecule has 19 heteroatoms. The standard InChI is InChI=1S/C45H81N6O12P/c1-51(2,3)38-61-39-63-64(59,60)62-33-19-17-15-13-11-9-7-5-4-6-8-10-12-14-16-18-20-40-21-23-41(24-22-40)46-42(52)34-47-25-27-48(35-43(53)54)29-31-50(37-45(57)58)32-30-49(28-26-47)36-44(55)56/h21-24H,4-20,25-39H2,1-3H3,(H4-,46,52,53,54,55,56,57,58,59,60)/p+1. The first-order chi connectivity index (χ1) is 30.5. The number of rotatable bonds is 34. The van der Waals surface area contributed by atoms with Crippen molar-refractivity contribution in [2.45, 2.75) is 109 Å². The minimum atomic E-state index is -4.06. The molecule has 1 aliphatic rings. The smallest absolute Gasteiger partial charge is 0.474 e. The lowest BCUT2D eigenvalue weighted by molar-refractivity contribution is -0.891. The average Bonchev–Trinajstić information content (AvgIpc) is 3.21. The molecule has 1 fully saturated rings. The van der Waals surface area contributed by atoms with E-state index >= 15 is 0 Å². The monoisotopic (exact) mass is 930 g/mol. The van der Waals surface area contributed by atoms with Crippen LogP contribution in [0.1, 0.15) is 108 Å². The van der Waals surface area contributed by atoms with Crippen LogP contribution < -0.4 is 5.32 Å². The van der Waals surface area contributed by atoms with E-state index in [2.05, 4.69) is 5.32 Å². The average molecular weight is 930 g/mol. The number of carbonyl (C=O) groups excluding carboxylic acids is 1. The van der Waals surface area contributed by atoms with E-state index in [1.807, 2.05) is 50.3 Å². The van der Waals surface area contributed by atoms with Crippen molar-refractivity contribution in [3.05, 3.63) is 29.8 Å². The number of aryl methyl sites for hydroxylation is 1. The summed E-state index contributed by atoms with van der Waals surface area (Å²) in [6.07, 6.45) is 20.0. The highest BCUT2D eigenvalue weighted by Gasteiger charge is 2.23. The van der Waals surface area contributed by atoms with Crippen LogP contribution in [0.2, 0.25) is 0 Å². The molecule has 64 heavy (non-hydrogen) atoms. The van der Waals surface area contributed by atoms with Crippen LogP contribution in [-0.4, -0.2) is 188 Å². The molecule has 368 valence electrons. The zero-order valence-electron chi connectivity index (χ0n) is 39.2. The van der Waals surface area contributed by atoms with E-state index in [0.29, 0.717) is 69.3 Å². The zero-order valence-corrected chi connectivity index (χ0v) is 40.1. The third-order valence-electron chi connectivity index (χ3n) is 11.0. The molecule has 1 amide bonds. The summed E-state index contributed by atoms with van der Waals surface area (Å²) < 4.78 is 27.6. The molecule has 0 aliphatic carbocycles. The first-order valence-corrected chi connectivity index (χ1v) is 24.9. The number of carbonyl (C=O) groups is 4. The summed E-state index contributed by atoms with van der Waals surface area (Å²) in [5, 5.41) is 31.3. The van der Waals surface area contributed by atoms with Gasteiger partial charge in [-0.25, -0.2) is 4.57 Å². The molecule has 5 N–H and O–H groups in total. The number of hydrogen-bond acceptors (Lipinski definition) is 12. The summed E-state index contributed by atoms with van der Waals surface area (Å²) in [6, 6.07) is 7.93. The van der Waals surface area contributed by atoms with E-state index < -0.39 is 25.7 Å². The van der Waals surface area contributed by atoms with Crippen molar-refractivity contribution in [1.29, 1.82) is 0 Å². The molecule has 0 saturated carbocycles. The van der Waals surface area contributed by atoms with Gasteiger partial charge in [0.05, 0.1) is 53.9 Å². The molecule has 0 spiro atoms. The Hall–Kier alpha value is -3.03. The second-order valence-electron chi connectivity index (χ2n) is 18.1. The minimum absolute atomic E-state index is 0.0572. The molecule has 0 aromatic heterocycles. The van der Waals surface area contributed by atoms with Gasteiger partial charge in [0.25, 0.3) is 0 Å². The molecule has 0 radical (unpaired) electrons. The number of unbranched alkanes of at least 4 members (excludes halogenated alkanes) is 15. The molecule has 1 aromatic rings. The van der Waals surface area contributed by atoms with Gasteiger partial charge in [-0.2, -0.15) is 0 Å². The number of phosphoric acid groups is 1. The van der Waals surface area contributed by atoms with Gasteiger partial charge in [0.1, 0.15) is 0 Å². The van der Waals surface area contributed by atoms with Crippen molar-refractivity contribution in [2.24, 2.45) is 0 Å². The van der Waals surface area contributed by atoms with Gasteiger partial charge in [-0.05, 0) is 37.0 Å². The maximum Gasteiger partial charge on any atom is 0.474 e. The molecule has 1 unspecified atom stereocenters. The Bertz CT molecular complexity index is 1470. The van der Waals surface area contributed by atoms with Crippen LogP contribution in [-0.2, 0) is 43.9 Å². The predicted octanol–water partition coefficient (Wildman–Crippen LogP) is 5.66. The van der Waals surface area contributed by atoms with Crippen LogP contribution in [0.15, 0.2) is 24.3 Å². The summed E-state index contributed by atoms with van der Waals surface area (Å²) in [5.74, 6) is -3.20. The maximum absolute atomic E-state index is 13.2. The summed E-state index contributed by atoms with van der Waals surface area (Å²) in [4.78, 5) is 64.5. The largest absolute Gasteiger partial charge is 0.480 e. The fraction of sp³-hybridized carbons (Fsp3) is 0.778. The van der Waals surface area contributed by atoms with Gasteiger partial charge >= 0.3 is 25.7 Å². The Balaban J connectivity index is 1.54. The number of aliphatic carboxylic acids is 3. The van der Waals surface area contributed by atoms with Crippen molar-refractivity contribution < 1.29 is 62.2 Å². The molecule has 1 heterocycles. The third-order valence-corrected chi connectivity index (χ3v) is 11.9.